The Morgan fingerprint density at radius 1 is 1.12 bits per heavy atom. The molecule has 34 heavy (non-hydrogen) atoms. The molecule has 2 heterocycles. The Kier molecular flexibility index (Phi) is 8.19. The van der Waals surface area contributed by atoms with E-state index in [9.17, 15) is 4.79 Å². The number of amides is 1. The Bertz CT molecular complexity index is 896. The largest absolute Gasteiger partial charge is 0.444 e. The number of aromatic nitrogens is 4. The fourth-order valence-electron chi connectivity index (χ4n) is 5.21. The molecule has 1 aromatic heterocycles. The summed E-state index contributed by atoms with van der Waals surface area (Å²) < 4.78 is 5.37. The zero-order valence-corrected chi connectivity index (χ0v) is 20.9. The minimum atomic E-state index is -0.459. The molecule has 1 amide bonds. The molecule has 2 aromatic rings. The molecular weight excluding hydrogens is 428 g/mol. The van der Waals surface area contributed by atoms with Crippen LogP contribution in [0.4, 0.5) is 4.79 Å². The monoisotopic (exact) mass is 468 g/mol. The summed E-state index contributed by atoms with van der Waals surface area (Å²) in [7, 11) is 0. The summed E-state index contributed by atoms with van der Waals surface area (Å²) in [6.07, 6.45) is 6.97. The molecule has 1 saturated carbocycles. The smallest absolute Gasteiger partial charge is 0.407 e. The van der Waals surface area contributed by atoms with E-state index in [1.807, 2.05) is 39.0 Å². The highest BCUT2D eigenvalue weighted by Crippen LogP contribution is 2.37. The maximum atomic E-state index is 12.0. The summed E-state index contributed by atoms with van der Waals surface area (Å²) in [5.74, 6) is 2.37. The van der Waals surface area contributed by atoms with Crippen molar-refractivity contribution in [3.8, 4) is 0 Å². The molecular formula is C26H40N6O2. The van der Waals surface area contributed by atoms with Gasteiger partial charge in [0.1, 0.15) is 5.60 Å². The van der Waals surface area contributed by atoms with Crippen LogP contribution in [0.15, 0.2) is 30.3 Å². The van der Waals surface area contributed by atoms with E-state index in [0.717, 1.165) is 38.3 Å². The van der Waals surface area contributed by atoms with E-state index in [0.29, 0.717) is 30.8 Å². The van der Waals surface area contributed by atoms with Gasteiger partial charge in [0.05, 0.1) is 6.54 Å². The van der Waals surface area contributed by atoms with Gasteiger partial charge in [-0.1, -0.05) is 43.2 Å². The molecule has 1 aliphatic carbocycles. The van der Waals surface area contributed by atoms with Crippen LogP contribution in [0, 0.1) is 11.8 Å². The number of piperidine rings is 1. The van der Waals surface area contributed by atoms with Gasteiger partial charge < -0.3 is 15.0 Å². The van der Waals surface area contributed by atoms with Gasteiger partial charge in [0.15, 0.2) is 5.82 Å². The second kappa shape index (κ2) is 11.3. The van der Waals surface area contributed by atoms with Crippen molar-refractivity contribution in [1.82, 2.24) is 30.4 Å². The second-order valence-electron chi connectivity index (χ2n) is 10.9. The standard InChI is InChI=1S/C26H40N6O2/c1-26(2,3)34-25(33)27-17-20-13-15-31(16-14-20)19-23(22-11-7-8-12-22)24-28-30-32(29-24)18-21-9-5-4-6-10-21/h4-6,9-10,20,22-23H,7-8,11-19H2,1-3H3,(H,27,33). The molecule has 8 heteroatoms. The third-order valence-electron chi connectivity index (χ3n) is 7.03. The molecule has 2 aliphatic rings. The second-order valence-corrected chi connectivity index (χ2v) is 10.9. The van der Waals surface area contributed by atoms with Crippen LogP contribution in [0.5, 0.6) is 0 Å². The molecule has 1 saturated heterocycles. The van der Waals surface area contributed by atoms with E-state index in [4.69, 9.17) is 9.84 Å². The SMILES string of the molecule is CC(C)(C)OC(=O)NCC1CCN(CC(c2nnn(Cc3ccccc3)n2)C2CCCC2)CC1. The average molecular weight is 469 g/mol. The van der Waals surface area contributed by atoms with Gasteiger partial charge in [-0.15, -0.1) is 10.2 Å². The maximum absolute atomic E-state index is 12.0. The van der Waals surface area contributed by atoms with Crippen molar-refractivity contribution in [2.24, 2.45) is 11.8 Å². The van der Waals surface area contributed by atoms with E-state index in [1.165, 1.54) is 31.2 Å². The highest BCUT2D eigenvalue weighted by molar-refractivity contribution is 5.67. The molecule has 1 unspecified atom stereocenters. The first-order valence-electron chi connectivity index (χ1n) is 12.9. The van der Waals surface area contributed by atoms with Crippen molar-refractivity contribution in [1.29, 1.82) is 0 Å². The molecule has 1 aliphatic heterocycles. The van der Waals surface area contributed by atoms with E-state index in [-0.39, 0.29) is 6.09 Å². The van der Waals surface area contributed by atoms with E-state index < -0.39 is 5.60 Å². The predicted molar refractivity (Wildman–Crippen MR) is 131 cm³/mol. The van der Waals surface area contributed by atoms with Gasteiger partial charge in [0.25, 0.3) is 0 Å². The van der Waals surface area contributed by atoms with Gasteiger partial charge >= 0.3 is 6.09 Å². The summed E-state index contributed by atoms with van der Waals surface area (Å²) in [6, 6.07) is 10.3. The first-order valence-corrected chi connectivity index (χ1v) is 12.9. The lowest BCUT2D eigenvalue weighted by Gasteiger charge is -2.35. The Morgan fingerprint density at radius 3 is 2.50 bits per heavy atom. The van der Waals surface area contributed by atoms with E-state index in [1.54, 1.807) is 4.80 Å². The Morgan fingerprint density at radius 2 is 1.82 bits per heavy atom. The molecule has 1 N–H and O–H groups in total. The van der Waals surface area contributed by atoms with Crippen LogP contribution in [0.25, 0.3) is 0 Å². The summed E-state index contributed by atoms with van der Waals surface area (Å²) in [4.78, 5) is 16.3. The van der Waals surface area contributed by atoms with Gasteiger partial charge in [-0.3, -0.25) is 0 Å². The number of rotatable bonds is 8. The fourth-order valence-corrected chi connectivity index (χ4v) is 5.21. The first-order chi connectivity index (χ1) is 16.4. The highest BCUT2D eigenvalue weighted by atomic mass is 16.6. The van der Waals surface area contributed by atoms with Crippen molar-refractivity contribution in [2.75, 3.05) is 26.2 Å². The van der Waals surface area contributed by atoms with Crippen LogP contribution in [0.3, 0.4) is 0 Å². The molecule has 4 rings (SSSR count). The number of likely N-dealkylation sites (tertiary alicyclic amines) is 1. The molecule has 8 nitrogen and oxygen atoms in total. The highest BCUT2D eigenvalue weighted by Gasteiger charge is 2.32. The van der Waals surface area contributed by atoms with Gasteiger partial charge in [-0.25, -0.2) is 4.79 Å². The number of tetrazole rings is 1. The van der Waals surface area contributed by atoms with Gasteiger partial charge in [0, 0.05) is 19.0 Å². The lowest BCUT2D eigenvalue weighted by molar-refractivity contribution is 0.0508. The van der Waals surface area contributed by atoms with Crippen LogP contribution in [-0.4, -0.2) is 63.0 Å². The third kappa shape index (κ3) is 7.26. The van der Waals surface area contributed by atoms with E-state index in [2.05, 4.69) is 32.7 Å². The number of nitrogens with zero attached hydrogens (tertiary/aromatic N) is 5. The summed E-state index contributed by atoms with van der Waals surface area (Å²) >= 11 is 0. The number of hydrogen-bond donors (Lipinski definition) is 1. The van der Waals surface area contributed by atoms with Crippen LogP contribution in [-0.2, 0) is 11.3 Å². The molecule has 1 atom stereocenters. The number of ether oxygens (including phenoxy) is 1. The van der Waals surface area contributed by atoms with Gasteiger partial charge in [0.2, 0.25) is 0 Å². The zero-order chi connectivity index (χ0) is 24.0. The zero-order valence-electron chi connectivity index (χ0n) is 20.9. The van der Waals surface area contributed by atoms with Crippen molar-refractivity contribution in [3.63, 3.8) is 0 Å². The summed E-state index contributed by atoms with van der Waals surface area (Å²) in [5, 5.41) is 16.7. The summed E-state index contributed by atoms with van der Waals surface area (Å²) in [6.45, 7) is 10.1. The molecule has 0 spiro atoms. The third-order valence-corrected chi connectivity index (χ3v) is 7.03. The van der Waals surface area contributed by atoms with Crippen molar-refractivity contribution < 1.29 is 9.53 Å². The molecule has 0 radical (unpaired) electrons. The molecule has 1 aromatic carbocycles. The lowest BCUT2D eigenvalue weighted by atomic mass is 9.88. The van der Waals surface area contributed by atoms with Crippen LogP contribution in [0.1, 0.15) is 76.6 Å². The van der Waals surface area contributed by atoms with Crippen molar-refractivity contribution in [2.45, 2.75) is 77.4 Å². The van der Waals surface area contributed by atoms with Crippen molar-refractivity contribution in [3.05, 3.63) is 41.7 Å². The first kappa shape index (κ1) is 24.6. The summed E-state index contributed by atoms with van der Waals surface area (Å²) in [5.41, 5.74) is 0.727. The number of carbonyl (C=O) groups is 1. The number of benzene rings is 1. The lowest BCUT2D eigenvalue weighted by Crippen LogP contribution is -2.42. The number of alkyl carbamates (subject to hydrolysis) is 1. The van der Waals surface area contributed by atoms with Crippen molar-refractivity contribution >= 4 is 6.09 Å². The van der Waals surface area contributed by atoms with Gasteiger partial charge in [-0.05, 0) is 82.2 Å². The normalized spacial score (nSPS) is 19.3. The molecule has 186 valence electrons. The maximum Gasteiger partial charge on any atom is 0.407 e. The topological polar surface area (TPSA) is 85.2 Å². The van der Waals surface area contributed by atoms with Crippen LogP contribution in [0.2, 0.25) is 0 Å². The predicted octanol–water partition coefficient (Wildman–Crippen LogP) is 4.23. The quantitative estimate of drug-likeness (QED) is 0.624. The molecule has 2 fully saturated rings. The molecule has 0 bridgehead atoms. The number of hydrogen-bond acceptors (Lipinski definition) is 6. The van der Waals surface area contributed by atoms with Crippen LogP contribution >= 0.6 is 0 Å². The minimum Gasteiger partial charge on any atom is -0.444 e. The number of carbonyl (C=O) groups excluding carboxylic acids is 1. The average Bonchev–Trinajstić information content (AvgIpc) is 3.49. The van der Waals surface area contributed by atoms with Crippen LogP contribution < -0.4 is 5.32 Å². The number of nitrogens with one attached hydrogen (secondary N) is 1. The Balaban J connectivity index is 1.30. The minimum absolute atomic E-state index is 0.319. The van der Waals surface area contributed by atoms with Gasteiger partial charge in [-0.2, -0.15) is 4.80 Å². The Hall–Kier alpha value is -2.48. The van der Waals surface area contributed by atoms with E-state index >= 15 is 0 Å². The Labute approximate surface area is 203 Å². The fraction of sp³-hybridized carbons (Fsp3) is 0.692.